The van der Waals surface area contributed by atoms with E-state index in [9.17, 15) is 0 Å². The molecule has 1 aliphatic heterocycles. The summed E-state index contributed by atoms with van der Waals surface area (Å²) in [7, 11) is 2.15. The summed E-state index contributed by atoms with van der Waals surface area (Å²) in [5.74, 6) is 0. The molecular weight excluding hydrogens is 396 g/mol. The number of nitrogens with one attached hydrogen (secondary N) is 1. The second-order valence-electron chi connectivity index (χ2n) is 7.97. The highest BCUT2D eigenvalue weighted by Crippen LogP contribution is 2.18. The highest BCUT2D eigenvalue weighted by Gasteiger charge is 2.14. The lowest BCUT2D eigenvalue weighted by Crippen LogP contribution is -3.07. The van der Waals surface area contributed by atoms with E-state index in [-0.39, 0.29) is 0 Å². The lowest BCUT2D eigenvalue weighted by Gasteiger charge is -2.29. The molecule has 30 heavy (non-hydrogen) atoms. The highest BCUT2D eigenvalue weighted by molar-refractivity contribution is 7.71. The van der Waals surface area contributed by atoms with Crippen molar-refractivity contribution in [3.63, 3.8) is 0 Å². The molecule has 0 amide bonds. The first kappa shape index (κ1) is 20.7. The van der Waals surface area contributed by atoms with Gasteiger partial charge in [-0.15, -0.1) is 0 Å². The fraction of sp³-hybridized carbons (Fsp3) is 0.409. The fourth-order valence-corrected chi connectivity index (χ4v) is 4.19. The first-order valence-electron chi connectivity index (χ1n) is 10.4. The van der Waals surface area contributed by atoms with E-state index >= 15 is 0 Å². The number of tetrazole rings is 1. The normalized spacial score (nSPS) is 15.4. The Kier molecular flexibility index (Phi) is 6.26. The summed E-state index contributed by atoms with van der Waals surface area (Å²) in [5.41, 5.74) is 5.85. The van der Waals surface area contributed by atoms with Crippen molar-refractivity contribution < 1.29 is 9.64 Å². The largest absolute Gasteiger partial charge is 0.378 e. The minimum absolute atomic E-state index is 0.620. The van der Waals surface area contributed by atoms with E-state index in [4.69, 9.17) is 17.0 Å². The van der Waals surface area contributed by atoms with Gasteiger partial charge in [-0.25, -0.2) is 0 Å². The topological polar surface area (TPSA) is 52.5 Å². The number of hydrogen-bond acceptors (Lipinski definition) is 5. The maximum Gasteiger partial charge on any atom is 0.225 e. The molecule has 1 aromatic heterocycles. The summed E-state index contributed by atoms with van der Waals surface area (Å²) in [6, 6.07) is 15.0. The summed E-state index contributed by atoms with van der Waals surface area (Å²) in [6.07, 6.45) is 0. The molecule has 3 aromatic rings. The predicted molar refractivity (Wildman–Crippen MR) is 120 cm³/mol. The molecule has 0 saturated carbocycles. The van der Waals surface area contributed by atoms with Gasteiger partial charge in [-0.2, -0.15) is 9.36 Å². The van der Waals surface area contributed by atoms with Gasteiger partial charge in [0.15, 0.2) is 6.67 Å². The Balaban J connectivity index is 1.43. The predicted octanol–water partition coefficient (Wildman–Crippen LogP) is 1.92. The number of hydrogen-bond donors (Lipinski definition) is 1. The van der Waals surface area contributed by atoms with Crippen LogP contribution >= 0.6 is 12.2 Å². The van der Waals surface area contributed by atoms with Crippen LogP contribution in [0.15, 0.2) is 42.5 Å². The zero-order chi connectivity index (χ0) is 21.1. The van der Waals surface area contributed by atoms with E-state index in [0.29, 0.717) is 11.4 Å². The quantitative estimate of drug-likeness (QED) is 0.612. The van der Waals surface area contributed by atoms with Crippen molar-refractivity contribution in [1.29, 1.82) is 0 Å². The molecule has 8 heteroatoms. The van der Waals surface area contributed by atoms with Gasteiger partial charge in [0.05, 0.1) is 25.9 Å². The van der Waals surface area contributed by atoms with Gasteiger partial charge in [0.1, 0.15) is 6.54 Å². The zero-order valence-electron chi connectivity index (χ0n) is 17.8. The zero-order valence-corrected chi connectivity index (χ0v) is 18.7. The smallest absolute Gasteiger partial charge is 0.225 e. The third kappa shape index (κ3) is 4.45. The molecule has 1 aliphatic rings. The molecule has 1 N–H and O–H groups in total. The molecule has 7 nitrogen and oxygen atoms in total. The van der Waals surface area contributed by atoms with E-state index in [1.165, 1.54) is 16.2 Å². The van der Waals surface area contributed by atoms with Crippen LogP contribution in [-0.2, 0) is 18.0 Å². The number of ether oxygens (including phenoxy) is 1. The summed E-state index contributed by atoms with van der Waals surface area (Å²) in [5, 5.41) is 8.64. The van der Waals surface area contributed by atoms with Crippen LogP contribution in [0.25, 0.3) is 5.69 Å². The second kappa shape index (κ2) is 9.07. The molecule has 0 spiro atoms. The number of quaternary nitrogens is 1. The number of benzene rings is 2. The first-order chi connectivity index (χ1) is 14.5. The number of morpholine rings is 1. The van der Waals surface area contributed by atoms with Gasteiger partial charge >= 0.3 is 0 Å². The number of aromatic nitrogens is 4. The standard InChI is InChI=1S/C22H28N6OS/c1-17-5-4-6-18(2)21(17)28-22(30)27(23-24-28)16-25(3)15-19-7-9-20(10-8-19)26-11-13-29-14-12-26/h4-10H,11-16H2,1-3H3/p+1. The van der Waals surface area contributed by atoms with Gasteiger partial charge in [0.2, 0.25) is 4.77 Å². The monoisotopic (exact) mass is 425 g/mol. The van der Waals surface area contributed by atoms with Crippen molar-refractivity contribution in [2.75, 3.05) is 38.3 Å². The van der Waals surface area contributed by atoms with Gasteiger partial charge in [0, 0.05) is 24.3 Å². The number of rotatable bonds is 6. The third-order valence-corrected chi connectivity index (χ3v) is 5.91. The van der Waals surface area contributed by atoms with Crippen LogP contribution in [0.3, 0.4) is 0 Å². The van der Waals surface area contributed by atoms with E-state index in [2.05, 4.69) is 72.6 Å². The lowest BCUT2D eigenvalue weighted by molar-refractivity contribution is -0.917. The van der Waals surface area contributed by atoms with Gasteiger partial charge in [-0.05, 0) is 59.8 Å². The van der Waals surface area contributed by atoms with Crippen LogP contribution < -0.4 is 9.80 Å². The number of aryl methyl sites for hydroxylation is 2. The Morgan fingerprint density at radius 3 is 2.33 bits per heavy atom. The molecule has 4 rings (SSSR count). The van der Waals surface area contributed by atoms with Crippen LogP contribution in [-0.4, -0.2) is 53.1 Å². The van der Waals surface area contributed by atoms with Crippen molar-refractivity contribution in [3.05, 3.63) is 63.9 Å². The average molecular weight is 426 g/mol. The minimum atomic E-state index is 0.620. The molecule has 2 aromatic carbocycles. The van der Waals surface area contributed by atoms with Crippen molar-refractivity contribution in [1.82, 2.24) is 19.8 Å². The molecule has 1 unspecified atom stereocenters. The molecular formula is C22H29N6OS+. The van der Waals surface area contributed by atoms with Gasteiger partial charge in [-0.3, -0.25) is 0 Å². The van der Waals surface area contributed by atoms with Crippen LogP contribution in [0.2, 0.25) is 0 Å². The van der Waals surface area contributed by atoms with E-state index in [1.54, 1.807) is 9.36 Å². The van der Waals surface area contributed by atoms with Crippen molar-refractivity contribution in [2.45, 2.75) is 27.1 Å². The average Bonchev–Trinajstić information content (AvgIpc) is 3.09. The van der Waals surface area contributed by atoms with Crippen LogP contribution in [0.5, 0.6) is 0 Å². The molecule has 158 valence electrons. The van der Waals surface area contributed by atoms with Crippen LogP contribution in [0.4, 0.5) is 5.69 Å². The molecule has 0 bridgehead atoms. The summed E-state index contributed by atoms with van der Waals surface area (Å²) in [4.78, 5) is 3.66. The third-order valence-electron chi connectivity index (χ3n) is 5.53. The van der Waals surface area contributed by atoms with Crippen LogP contribution in [0, 0.1) is 18.6 Å². The van der Waals surface area contributed by atoms with E-state index in [0.717, 1.165) is 49.7 Å². The van der Waals surface area contributed by atoms with Gasteiger partial charge in [0.25, 0.3) is 0 Å². The van der Waals surface area contributed by atoms with Gasteiger partial charge in [-0.1, -0.05) is 30.3 Å². The first-order valence-corrected chi connectivity index (χ1v) is 10.8. The maximum atomic E-state index is 5.67. The Bertz CT molecular complexity index is 1030. The van der Waals surface area contributed by atoms with Crippen molar-refractivity contribution >= 4 is 17.9 Å². The van der Waals surface area contributed by atoms with E-state index < -0.39 is 0 Å². The van der Waals surface area contributed by atoms with Crippen LogP contribution in [0.1, 0.15) is 16.7 Å². The molecule has 2 heterocycles. The number of nitrogens with zero attached hydrogens (tertiary/aromatic N) is 5. The molecule has 1 saturated heterocycles. The summed E-state index contributed by atoms with van der Waals surface area (Å²) >= 11 is 5.67. The molecule has 0 radical (unpaired) electrons. The van der Waals surface area contributed by atoms with Crippen molar-refractivity contribution in [2.24, 2.45) is 0 Å². The maximum absolute atomic E-state index is 5.67. The molecule has 1 atom stereocenters. The second-order valence-corrected chi connectivity index (χ2v) is 8.34. The Hall–Kier alpha value is -2.55. The number of anilines is 1. The Morgan fingerprint density at radius 1 is 1.00 bits per heavy atom. The SMILES string of the molecule is Cc1cccc(C)c1-n1nnn(C[NH+](C)Cc2ccc(N3CCOCC3)cc2)c1=S. The summed E-state index contributed by atoms with van der Waals surface area (Å²) in [6.45, 7) is 9.21. The van der Waals surface area contributed by atoms with Gasteiger partial charge < -0.3 is 14.5 Å². The summed E-state index contributed by atoms with van der Waals surface area (Å²) < 4.78 is 9.63. The molecule has 0 aliphatic carbocycles. The molecule has 1 fully saturated rings. The Labute approximate surface area is 182 Å². The Morgan fingerprint density at radius 2 is 1.67 bits per heavy atom. The van der Waals surface area contributed by atoms with E-state index in [1.807, 2.05) is 6.07 Å². The lowest BCUT2D eigenvalue weighted by atomic mass is 10.1. The number of para-hydroxylation sites is 1. The highest BCUT2D eigenvalue weighted by atomic mass is 32.1. The van der Waals surface area contributed by atoms with Crippen molar-refractivity contribution in [3.8, 4) is 5.69 Å². The fourth-order valence-electron chi connectivity index (χ4n) is 3.96. The minimum Gasteiger partial charge on any atom is -0.378 e.